The summed E-state index contributed by atoms with van der Waals surface area (Å²) < 4.78 is 4.92. The SMILES string of the molecule is COCC(Sc1ccccc1O)C(=O)NN. The highest BCUT2D eigenvalue weighted by Crippen LogP contribution is 2.31. The third-order valence-corrected chi connectivity index (χ3v) is 3.12. The average Bonchev–Trinajstić information content (AvgIpc) is 2.30. The number of hydrogen-bond donors (Lipinski definition) is 3. The van der Waals surface area contributed by atoms with Gasteiger partial charge in [0.15, 0.2) is 0 Å². The van der Waals surface area contributed by atoms with Gasteiger partial charge in [-0.1, -0.05) is 12.1 Å². The van der Waals surface area contributed by atoms with Gasteiger partial charge in [-0.05, 0) is 12.1 Å². The van der Waals surface area contributed by atoms with Crippen LogP contribution in [0.4, 0.5) is 0 Å². The summed E-state index contributed by atoms with van der Waals surface area (Å²) in [6.07, 6.45) is 0. The molecule has 1 aromatic carbocycles. The van der Waals surface area contributed by atoms with Crippen LogP contribution in [0.3, 0.4) is 0 Å². The molecule has 6 heteroatoms. The quantitative estimate of drug-likeness (QED) is 0.303. The number of benzene rings is 1. The topological polar surface area (TPSA) is 84.6 Å². The fourth-order valence-corrected chi connectivity index (χ4v) is 2.15. The Morgan fingerprint density at radius 2 is 2.31 bits per heavy atom. The van der Waals surface area contributed by atoms with Crippen molar-refractivity contribution in [3.63, 3.8) is 0 Å². The van der Waals surface area contributed by atoms with Crippen LogP contribution in [0.1, 0.15) is 0 Å². The van der Waals surface area contributed by atoms with Crippen LogP contribution in [-0.4, -0.2) is 30.0 Å². The Morgan fingerprint density at radius 1 is 1.62 bits per heavy atom. The number of thioether (sulfide) groups is 1. The van der Waals surface area contributed by atoms with Crippen molar-refractivity contribution in [1.29, 1.82) is 0 Å². The number of rotatable bonds is 5. The first-order valence-corrected chi connectivity index (χ1v) is 5.51. The minimum absolute atomic E-state index is 0.137. The zero-order chi connectivity index (χ0) is 12.0. The Hall–Kier alpha value is -1.24. The van der Waals surface area contributed by atoms with Gasteiger partial charge in [0.05, 0.1) is 6.61 Å². The van der Waals surface area contributed by atoms with Gasteiger partial charge >= 0.3 is 0 Å². The maximum Gasteiger partial charge on any atom is 0.249 e. The molecule has 0 aliphatic heterocycles. The van der Waals surface area contributed by atoms with Gasteiger partial charge < -0.3 is 9.84 Å². The predicted molar refractivity (Wildman–Crippen MR) is 62.0 cm³/mol. The summed E-state index contributed by atoms with van der Waals surface area (Å²) in [7, 11) is 1.50. The molecular weight excluding hydrogens is 228 g/mol. The zero-order valence-electron chi connectivity index (χ0n) is 8.84. The molecule has 0 spiro atoms. The number of nitrogens with one attached hydrogen (secondary N) is 1. The lowest BCUT2D eigenvalue weighted by atomic mass is 10.3. The number of hydrazine groups is 1. The second kappa shape index (κ2) is 6.37. The number of phenols is 1. The molecule has 0 aliphatic carbocycles. The van der Waals surface area contributed by atoms with E-state index in [2.05, 4.69) is 5.43 Å². The number of methoxy groups -OCH3 is 1. The standard InChI is InChI=1S/C10H14N2O3S/c1-15-6-9(10(14)12-11)16-8-5-3-2-4-7(8)13/h2-5,9,13H,6,11H2,1H3,(H,12,14). The van der Waals surface area contributed by atoms with Gasteiger partial charge in [0.1, 0.15) is 11.0 Å². The van der Waals surface area contributed by atoms with Crippen molar-refractivity contribution in [3.05, 3.63) is 24.3 Å². The summed E-state index contributed by atoms with van der Waals surface area (Å²) >= 11 is 1.21. The summed E-state index contributed by atoms with van der Waals surface area (Å²) in [5.41, 5.74) is 2.07. The molecule has 1 unspecified atom stereocenters. The average molecular weight is 242 g/mol. The van der Waals surface area contributed by atoms with Crippen LogP contribution in [0.2, 0.25) is 0 Å². The van der Waals surface area contributed by atoms with Crippen molar-refractivity contribution in [3.8, 4) is 5.75 Å². The molecule has 0 bridgehead atoms. The van der Waals surface area contributed by atoms with Gasteiger partial charge in [-0.3, -0.25) is 10.2 Å². The Morgan fingerprint density at radius 3 is 2.88 bits per heavy atom. The Labute approximate surface area is 97.9 Å². The van der Waals surface area contributed by atoms with E-state index in [-0.39, 0.29) is 18.3 Å². The monoisotopic (exact) mass is 242 g/mol. The minimum atomic E-state index is -0.483. The van der Waals surface area contributed by atoms with Crippen molar-refractivity contribution >= 4 is 17.7 Å². The second-order valence-electron chi connectivity index (χ2n) is 3.04. The number of carbonyl (C=O) groups excluding carboxylic acids is 1. The van der Waals surface area contributed by atoms with Crippen molar-refractivity contribution in [2.24, 2.45) is 5.84 Å². The van der Waals surface area contributed by atoms with E-state index in [9.17, 15) is 9.90 Å². The van der Waals surface area contributed by atoms with Gasteiger partial charge in [-0.2, -0.15) is 0 Å². The summed E-state index contributed by atoms with van der Waals surface area (Å²) in [5.74, 6) is 4.86. The Bertz CT molecular complexity index is 360. The van der Waals surface area contributed by atoms with Crippen LogP contribution in [-0.2, 0) is 9.53 Å². The maximum atomic E-state index is 11.4. The molecule has 1 aromatic rings. The van der Waals surface area contributed by atoms with Crippen LogP contribution in [0.15, 0.2) is 29.2 Å². The Balaban J connectivity index is 2.75. The first kappa shape index (κ1) is 12.8. The third kappa shape index (κ3) is 3.41. The molecule has 88 valence electrons. The van der Waals surface area contributed by atoms with Gasteiger partial charge in [0, 0.05) is 12.0 Å². The number of carbonyl (C=O) groups is 1. The summed E-state index contributed by atoms with van der Waals surface area (Å²) in [5, 5.41) is 9.07. The van der Waals surface area contributed by atoms with Gasteiger partial charge in [-0.15, -0.1) is 11.8 Å². The number of aromatic hydroxyl groups is 1. The molecule has 0 aliphatic rings. The Kier molecular flexibility index (Phi) is 5.10. The van der Waals surface area contributed by atoms with E-state index < -0.39 is 5.25 Å². The van der Waals surface area contributed by atoms with Gasteiger partial charge in [0.2, 0.25) is 5.91 Å². The number of ether oxygens (including phenoxy) is 1. The highest BCUT2D eigenvalue weighted by molar-refractivity contribution is 8.00. The van der Waals surface area contributed by atoms with Crippen molar-refractivity contribution in [2.45, 2.75) is 10.1 Å². The molecule has 4 N–H and O–H groups in total. The van der Waals surface area contributed by atoms with E-state index in [0.29, 0.717) is 4.90 Å². The molecule has 5 nitrogen and oxygen atoms in total. The molecule has 0 heterocycles. The van der Waals surface area contributed by atoms with Gasteiger partial charge in [-0.25, -0.2) is 5.84 Å². The van der Waals surface area contributed by atoms with E-state index in [0.717, 1.165) is 0 Å². The van der Waals surface area contributed by atoms with Crippen LogP contribution in [0.25, 0.3) is 0 Å². The summed E-state index contributed by atoms with van der Waals surface area (Å²) in [4.78, 5) is 12.0. The molecule has 0 fully saturated rings. The maximum absolute atomic E-state index is 11.4. The molecule has 0 saturated heterocycles. The fourth-order valence-electron chi connectivity index (χ4n) is 1.12. The summed E-state index contributed by atoms with van der Waals surface area (Å²) in [6.45, 7) is 0.224. The molecule has 0 radical (unpaired) electrons. The van der Waals surface area contributed by atoms with Crippen LogP contribution < -0.4 is 11.3 Å². The van der Waals surface area contributed by atoms with E-state index in [1.807, 2.05) is 0 Å². The predicted octanol–water partition coefficient (Wildman–Crippen LogP) is 0.489. The fraction of sp³-hybridized carbons (Fsp3) is 0.300. The highest BCUT2D eigenvalue weighted by atomic mass is 32.2. The van der Waals surface area contributed by atoms with Crippen molar-refractivity contribution in [1.82, 2.24) is 5.43 Å². The molecule has 1 atom stereocenters. The third-order valence-electron chi connectivity index (χ3n) is 1.89. The highest BCUT2D eigenvalue weighted by Gasteiger charge is 2.20. The van der Waals surface area contributed by atoms with Crippen LogP contribution >= 0.6 is 11.8 Å². The minimum Gasteiger partial charge on any atom is -0.507 e. The van der Waals surface area contributed by atoms with Gasteiger partial charge in [0.25, 0.3) is 0 Å². The second-order valence-corrected chi connectivity index (χ2v) is 4.28. The lowest BCUT2D eigenvalue weighted by molar-refractivity contribution is -0.121. The lowest BCUT2D eigenvalue weighted by Gasteiger charge is -2.14. The number of para-hydroxylation sites is 1. The molecule has 0 aromatic heterocycles. The van der Waals surface area contributed by atoms with E-state index in [1.54, 1.807) is 24.3 Å². The van der Waals surface area contributed by atoms with E-state index in [4.69, 9.17) is 10.6 Å². The molecule has 16 heavy (non-hydrogen) atoms. The van der Waals surface area contributed by atoms with E-state index >= 15 is 0 Å². The van der Waals surface area contributed by atoms with Crippen LogP contribution in [0, 0.1) is 0 Å². The lowest BCUT2D eigenvalue weighted by Crippen LogP contribution is -2.39. The number of phenolic OH excluding ortho intramolecular Hbond substituents is 1. The first-order valence-electron chi connectivity index (χ1n) is 4.63. The molecular formula is C10H14N2O3S. The summed E-state index contributed by atoms with van der Waals surface area (Å²) in [6, 6.07) is 6.79. The van der Waals surface area contributed by atoms with Crippen molar-refractivity contribution in [2.75, 3.05) is 13.7 Å². The van der Waals surface area contributed by atoms with Crippen molar-refractivity contribution < 1.29 is 14.6 Å². The molecule has 1 rings (SSSR count). The number of amides is 1. The largest absolute Gasteiger partial charge is 0.507 e. The normalized spacial score (nSPS) is 12.1. The smallest absolute Gasteiger partial charge is 0.249 e. The number of hydrogen-bond acceptors (Lipinski definition) is 5. The molecule has 1 amide bonds. The first-order chi connectivity index (χ1) is 7.69. The van der Waals surface area contributed by atoms with Crippen LogP contribution in [0.5, 0.6) is 5.75 Å². The molecule has 0 saturated carbocycles. The number of nitrogens with two attached hydrogens (primary N) is 1. The van der Waals surface area contributed by atoms with E-state index in [1.165, 1.54) is 18.9 Å². The zero-order valence-corrected chi connectivity index (χ0v) is 9.66.